The van der Waals surface area contributed by atoms with Crippen molar-refractivity contribution >= 4 is 62.3 Å². The van der Waals surface area contributed by atoms with Crippen molar-refractivity contribution in [3.63, 3.8) is 0 Å². The van der Waals surface area contributed by atoms with E-state index in [4.69, 9.17) is 34.8 Å². The molecule has 3 aromatic rings. The van der Waals surface area contributed by atoms with E-state index in [1.54, 1.807) is 55.5 Å². The Kier molecular flexibility index (Phi) is 10.5. The largest absolute Gasteiger partial charge is 0.350 e. The number of benzene rings is 3. The lowest BCUT2D eigenvalue weighted by Gasteiger charge is -2.35. The highest BCUT2D eigenvalue weighted by molar-refractivity contribution is 7.92. The topological polar surface area (TPSA) is 86.8 Å². The Hall–Kier alpha value is -2.78. The monoisotopic (exact) mass is 623 g/mol. The molecule has 1 N–H and O–H groups in total. The summed E-state index contributed by atoms with van der Waals surface area (Å²) in [6.45, 7) is 6.76. The van der Waals surface area contributed by atoms with Crippen molar-refractivity contribution in [2.75, 3.05) is 10.8 Å². The van der Waals surface area contributed by atoms with Crippen LogP contribution in [0.3, 0.4) is 0 Å². The molecular weight excluding hydrogens is 593 g/mol. The first-order chi connectivity index (χ1) is 18.7. The minimum Gasteiger partial charge on any atom is -0.350 e. The normalized spacial score (nSPS) is 12.5. The van der Waals surface area contributed by atoms with Gasteiger partial charge in [0.1, 0.15) is 12.6 Å². The molecule has 0 aromatic heterocycles. The van der Waals surface area contributed by atoms with E-state index >= 15 is 0 Å². The maximum absolute atomic E-state index is 14.1. The molecule has 0 spiro atoms. The smallest absolute Gasteiger partial charge is 0.264 e. The number of nitrogens with zero attached hydrogens (tertiary/aromatic N) is 2. The summed E-state index contributed by atoms with van der Waals surface area (Å²) in [4.78, 5) is 28.8. The number of rotatable bonds is 10. The Morgan fingerprint density at radius 3 is 2.10 bits per heavy atom. The predicted octanol–water partition coefficient (Wildman–Crippen LogP) is 6.56. The van der Waals surface area contributed by atoms with Crippen LogP contribution in [0.1, 0.15) is 39.7 Å². The summed E-state index contributed by atoms with van der Waals surface area (Å²) in [6, 6.07) is 18.3. The molecule has 0 saturated carbocycles. The van der Waals surface area contributed by atoms with Crippen molar-refractivity contribution in [3.8, 4) is 0 Å². The van der Waals surface area contributed by atoms with Gasteiger partial charge in [-0.1, -0.05) is 78.1 Å². The third-order valence-electron chi connectivity index (χ3n) is 5.96. The summed E-state index contributed by atoms with van der Waals surface area (Å²) in [7, 11) is -4.26. The van der Waals surface area contributed by atoms with Crippen LogP contribution in [0.5, 0.6) is 0 Å². The van der Waals surface area contributed by atoms with E-state index < -0.39 is 34.1 Å². The summed E-state index contributed by atoms with van der Waals surface area (Å²) in [5, 5.41) is 3.57. The van der Waals surface area contributed by atoms with E-state index in [0.29, 0.717) is 11.4 Å². The number of hydrogen-bond donors (Lipinski definition) is 1. The fourth-order valence-electron chi connectivity index (χ4n) is 4.08. The Morgan fingerprint density at radius 2 is 1.52 bits per heavy atom. The summed E-state index contributed by atoms with van der Waals surface area (Å²) in [6.07, 6.45) is 0.296. The number of carbonyl (C=O) groups is 2. The van der Waals surface area contributed by atoms with Crippen LogP contribution in [0.2, 0.25) is 15.1 Å². The zero-order valence-corrected chi connectivity index (χ0v) is 25.8. The first-order valence-electron chi connectivity index (χ1n) is 12.6. The number of nitrogens with one attached hydrogen (secondary N) is 1. The van der Waals surface area contributed by atoms with Gasteiger partial charge in [0.25, 0.3) is 10.0 Å². The van der Waals surface area contributed by atoms with Gasteiger partial charge in [-0.3, -0.25) is 13.9 Å². The number of hydrogen-bond acceptors (Lipinski definition) is 4. The van der Waals surface area contributed by atoms with Gasteiger partial charge >= 0.3 is 0 Å². The molecule has 7 nitrogen and oxygen atoms in total. The summed E-state index contributed by atoms with van der Waals surface area (Å²) < 4.78 is 28.7. The number of halogens is 3. The molecule has 3 aromatic carbocycles. The lowest BCUT2D eigenvalue weighted by Crippen LogP contribution is -2.55. The van der Waals surface area contributed by atoms with Gasteiger partial charge in [0, 0.05) is 17.1 Å². The van der Waals surface area contributed by atoms with Crippen molar-refractivity contribution in [2.45, 2.75) is 57.1 Å². The molecule has 0 heterocycles. The third-order valence-corrected chi connectivity index (χ3v) is 8.80. The van der Waals surface area contributed by atoms with Crippen LogP contribution < -0.4 is 9.62 Å². The SMILES string of the molecule is CC[C@@H](C(=O)NC(C)(C)C)N(Cc1ccc(Cl)cc1)C(=O)CN(c1cccc(Cl)c1Cl)S(=O)(=O)c1ccccc1. The number of amides is 2. The molecule has 3 rings (SSSR count). The molecule has 214 valence electrons. The molecule has 2 amide bonds. The van der Waals surface area contributed by atoms with Crippen molar-refractivity contribution in [2.24, 2.45) is 0 Å². The second-order valence-corrected chi connectivity index (χ2v) is 13.3. The van der Waals surface area contributed by atoms with Crippen molar-refractivity contribution < 1.29 is 18.0 Å². The lowest BCUT2D eigenvalue weighted by atomic mass is 10.1. The van der Waals surface area contributed by atoms with E-state index in [9.17, 15) is 18.0 Å². The minimum absolute atomic E-state index is 0.0155. The Morgan fingerprint density at radius 1 is 0.900 bits per heavy atom. The van der Waals surface area contributed by atoms with Crippen LogP contribution in [0.15, 0.2) is 77.7 Å². The average molecular weight is 625 g/mol. The molecule has 0 saturated heterocycles. The Balaban J connectivity index is 2.10. The van der Waals surface area contributed by atoms with Crippen molar-refractivity contribution in [1.29, 1.82) is 0 Å². The van der Waals surface area contributed by atoms with Gasteiger partial charge in [0.2, 0.25) is 11.8 Å². The molecule has 0 bridgehead atoms. The molecule has 40 heavy (non-hydrogen) atoms. The highest BCUT2D eigenvalue weighted by Gasteiger charge is 2.35. The van der Waals surface area contributed by atoms with E-state index in [1.807, 2.05) is 20.8 Å². The summed E-state index contributed by atoms with van der Waals surface area (Å²) in [5.74, 6) is -0.947. The van der Waals surface area contributed by atoms with E-state index in [2.05, 4.69) is 5.32 Å². The van der Waals surface area contributed by atoms with Crippen LogP contribution >= 0.6 is 34.8 Å². The maximum atomic E-state index is 14.1. The molecule has 0 radical (unpaired) electrons. The van der Waals surface area contributed by atoms with Gasteiger partial charge in [-0.15, -0.1) is 0 Å². The first-order valence-corrected chi connectivity index (χ1v) is 15.2. The van der Waals surface area contributed by atoms with E-state index in [-0.39, 0.29) is 33.1 Å². The van der Waals surface area contributed by atoms with Crippen LogP contribution in [0, 0.1) is 0 Å². The van der Waals surface area contributed by atoms with Crippen LogP contribution in [0.4, 0.5) is 5.69 Å². The van der Waals surface area contributed by atoms with Crippen LogP contribution in [-0.4, -0.2) is 43.3 Å². The second kappa shape index (κ2) is 13.3. The molecule has 0 fully saturated rings. The number of anilines is 1. The lowest BCUT2D eigenvalue weighted by molar-refractivity contribution is -0.141. The molecule has 0 aliphatic carbocycles. The third kappa shape index (κ3) is 7.91. The average Bonchev–Trinajstić information content (AvgIpc) is 2.89. The van der Waals surface area contributed by atoms with Gasteiger partial charge in [-0.2, -0.15) is 0 Å². The fraction of sp³-hybridized carbons (Fsp3) is 0.310. The minimum atomic E-state index is -4.26. The molecule has 0 aliphatic heterocycles. The van der Waals surface area contributed by atoms with Gasteiger partial charge in [0.05, 0.1) is 20.6 Å². The predicted molar refractivity (Wildman–Crippen MR) is 161 cm³/mol. The zero-order chi connectivity index (χ0) is 29.7. The fourth-order valence-corrected chi connectivity index (χ4v) is 6.10. The second-order valence-electron chi connectivity index (χ2n) is 10.2. The Bertz CT molecular complexity index is 1440. The first kappa shape index (κ1) is 31.7. The van der Waals surface area contributed by atoms with E-state index in [0.717, 1.165) is 9.87 Å². The van der Waals surface area contributed by atoms with E-state index in [1.165, 1.54) is 29.2 Å². The van der Waals surface area contributed by atoms with Gasteiger partial charge < -0.3 is 10.2 Å². The number of carbonyl (C=O) groups excluding carboxylic acids is 2. The molecule has 1 atom stereocenters. The van der Waals surface area contributed by atoms with Gasteiger partial charge in [0.15, 0.2) is 0 Å². The van der Waals surface area contributed by atoms with Crippen molar-refractivity contribution in [3.05, 3.63) is 93.4 Å². The quantitative estimate of drug-likeness (QED) is 0.277. The molecule has 0 aliphatic rings. The zero-order valence-electron chi connectivity index (χ0n) is 22.7. The highest BCUT2D eigenvalue weighted by atomic mass is 35.5. The maximum Gasteiger partial charge on any atom is 0.264 e. The standard InChI is InChI=1S/C29H32Cl3N3O4S/c1-5-24(28(37)33-29(2,3)4)34(18-20-14-16-21(30)17-15-20)26(36)19-35(25-13-9-12-23(31)27(25)32)40(38,39)22-10-7-6-8-11-22/h6-17,24H,5,18-19H2,1-4H3,(H,33,37)/t24-/m0/s1. The molecular formula is C29H32Cl3N3O4S. The molecule has 11 heteroatoms. The van der Waals surface area contributed by atoms with Crippen LogP contribution in [-0.2, 0) is 26.2 Å². The highest BCUT2D eigenvalue weighted by Crippen LogP contribution is 2.35. The van der Waals surface area contributed by atoms with Gasteiger partial charge in [-0.25, -0.2) is 8.42 Å². The Labute approximate surface area is 251 Å². The van der Waals surface area contributed by atoms with Gasteiger partial charge in [-0.05, 0) is 69.2 Å². The summed E-state index contributed by atoms with van der Waals surface area (Å²) >= 11 is 18.8. The molecule has 0 unspecified atom stereocenters. The van der Waals surface area contributed by atoms with Crippen LogP contribution in [0.25, 0.3) is 0 Å². The number of sulfonamides is 1. The van der Waals surface area contributed by atoms with Crippen molar-refractivity contribution in [1.82, 2.24) is 10.2 Å². The summed E-state index contributed by atoms with van der Waals surface area (Å²) in [5.41, 5.74) is 0.222.